The Labute approximate surface area is 311 Å². The lowest BCUT2D eigenvalue weighted by molar-refractivity contribution is -0.0619. The fraction of sp³-hybridized carbons (Fsp3) is 0.960. The molecule has 8 saturated carbocycles. The van der Waals surface area contributed by atoms with Crippen LogP contribution in [0.4, 0.5) is 0 Å². The van der Waals surface area contributed by atoms with E-state index in [1.54, 1.807) is 154 Å². The highest BCUT2D eigenvalue weighted by Gasteiger charge is 2.55. The number of rotatable bonds is 6. The molecular weight excluding hydrogens is 601 g/mol. The fourth-order valence-electron chi connectivity index (χ4n) is 18.0. The smallest absolute Gasteiger partial charge is 0.0202 e. The summed E-state index contributed by atoms with van der Waals surface area (Å²) in [6.07, 6.45) is 52.6. The summed E-state index contributed by atoms with van der Waals surface area (Å²) in [7, 11) is 0. The van der Waals surface area contributed by atoms with Gasteiger partial charge in [-0.05, 0) is 203 Å². The second-order valence-electron chi connectivity index (χ2n) is 21.4. The molecule has 0 aromatic rings. The van der Waals surface area contributed by atoms with Crippen LogP contribution >= 0.6 is 0 Å². The highest BCUT2D eigenvalue weighted by atomic mass is 14.6. The van der Waals surface area contributed by atoms with Gasteiger partial charge < -0.3 is 0 Å². The minimum absolute atomic E-state index is 0.926. The zero-order chi connectivity index (χ0) is 33.4. The Balaban J connectivity index is 0.911. The van der Waals surface area contributed by atoms with E-state index in [4.69, 9.17) is 0 Å². The van der Waals surface area contributed by atoms with Gasteiger partial charge in [-0.25, -0.2) is 0 Å². The number of hydrogen-bond acceptors (Lipinski definition) is 0. The van der Waals surface area contributed by atoms with E-state index in [9.17, 15) is 0 Å². The molecule has 0 aliphatic heterocycles. The normalized spacial score (nSPS) is 50.0. The average Bonchev–Trinajstić information content (AvgIpc) is 3.69. The minimum atomic E-state index is 0.926. The molecular formula is C50H82. The summed E-state index contributed by atoms with van der Waals surface area (Å²) in [5.74, 6) is 18.4. The van der Waals surface area contributed by atoms with Crippen molar-refractivity contribution in [2.45, 2.75) is 200 Å². The topological polar surface area (TPSA) is 0 Å². The summed E-state index contributed by atoms with van der Waals surface area (Å²) in [6, 6.07) is 0. The molecule has 0 saturated heterocycles. The maximum absolute atomic E-state index is 2.76. The Bertz CT molecular complexity index is 1100. The first-order valence-corrected chi connectivity index (χ1v) is 24.4. The van der Waals surface area contributed by atoms with E-state index < -0.39 is 0 Å². The predicted octanol–water partition coefficient (Wildman–Crippen LogP) is 14.9. The quantitative estimate of drug-likeness (QED) is 0.245. The molecule has 0 N–H and O–H groups in total. The van der Waals surface area contributed by atoms with Crippen molar-refractivity contribution in [2.75, 3.05) is 0 Å². The third-order valence-electron chi connectivity index (χ3n) is 19.8. The van der Waals surface area contributed by atoms with Crippen molar-refractivity contribution < 1.29 is 0 Å². The molecule has 0 heterocycles. The zero-order valence-electron chi connectivity index (χ0n) is 33.2. The Morgan fingerprint density at radius 2 is 0.960 bits per heavy atom. The van der Waals surface area contributed by atoms with E-state index in [0.29, 0.717) is 0 Å². The van der Waals surface area contributed by atoms with Gasteiger partial charge in [0.05, 0.1) is 0 Å². The molecule has 50 heavy (non-hydrogen) atoms. The van der Waals surface area contributed by atoms with Gasteiger partial charge in [0.2, 0.25) is 0 Å². The highest BCUT2D eigenvalue weighted by molar-refractivity contribution is 5.06. The van der Waals surface area contributed by atoms with Crippen LogP contribution in [0.5, 0.6) is 0 Å². The summed E-state index contributed by atoms with van der Waals surface area (Å²) in [4.78, 5) is 0. The molecule has 9 aliphatic rings. The molecule has 0 spiro atoms. The van der Waals surface area contributed by atoms with E-state index >= 15 is 0 Å². The maximum Gasteiger partial charge on any atom is -0.0202 e. The van der Waals surface area contributed by atoms with Crippen LogP contribution in [0, 0.1) is 101 Å². The van der Waals surface area contributed by atoms with Crippen LogP contribution in [0.1, 0.15) is 200 Å². The van der Waals surface area contributed by atoms with Crippen molar-refractivity contribution in [2.24, 2.45) is 101 Å². The van der Waals surface area contributed by atoms with Crippen LogP contribution in [-0.4, -0.2) is 0 Å². The van der Waals surface area contributed by atoms with Gasteiger partial charge in [0.15, 0.2) is 0 Å². The first kappa shape index (κ1) is 35.4. The largest absolute Gasteiger partial charge is 0.0882 e. The third-order valence-corrected chi connectivity index (χ3v) is 19.8. The molecule has 16 atom stereocenters. The van der Waals surface area contributed by atoms with E-state index in [0.717, 1.165) is 101 Å². The Morgan fingerprint density at radius 1 is 0.380 bits per heavy atom. The molecule has 9 aliphatic carbocycles. The van der Waals surface area contributed by atoms with E-state index in [-0.39, 0.29) is 0 Å². The first-order valence-electron chi connectivity index (χ1n) is 24.4. The molecule has 0 aromatic carbocycles. The zero-order valence-corrected chi connectivity index (χ0v) is 33.2. The third kappa shape index (κ3) is 6.92. The van der Waals surface area contributed by atoms with Gasteiger partial charge in [0.25, 0.3) is 0 Å². The average molecular weight is 683 g/mol. The summed E-state index contributed by atoms with van der Waals surface area (Å²) < 4.78 is 0. The Hall–Kier alpha value is -0.260. The van der Waals surface area contributed by atoms with Gasteiger partial charge in [-0.15, -0.1) is 0 Å². The summed E-state index contributed by atoms with van der Waals surface area (Å²) >= 11 is 0. The maximum atomic E-state index is 2.76. The van der Waals surface area contributed by atoms with Crippen molar-refractivity contribution in [1.29, 1.82) is 0 Å². The Morgan fingerprint density at radius 3 is 1.78 bits per heavy atom. The second kappa shape index (κ2) is 16.2. The number of fused-ring (bicyclic) bond motifs is 3. The lowest BCUT2D eigenvalue weighted by Gasteiger charge is -2.55. The lowest BCUT2D eigenvalue weighted by Crippen LogP contribution is -2.48. The molecule has 9 unspecified atom stereocenters. The highest BCUT2D eigenvalue weighted by Crippen LogP contribution is 2.63. The molecule has 0 heteroatoms. The summed E-state index contributed by atoms with van der Waals surface area (Å²) in [5, 5.41) is 0. The number of allylic oxidation sites excluding steroid dienone is 2. The predicted molar refractivity (Wildman–Crippen MR) is 213 cm³/mol. The van der Waals surface area contributed by atoms with Gasteiger partial charge in [-0.1, -0.05) is 109 Å². The van der Waals surface area contributed by atoms with Crippen molar-refractivity contribution in [1.82, 2.24) is 0 Å². The van der Waals surface area contributed by atoms with Gasteiger partial charge >= 0.3 is 0 Å². The van der Waals surface area contributed by atoms with Crippen LogP contribution in [0.25, 0.3) is 0 Å². The van der Waals surface area contributed by atoms with Gasteiger partial charge in [-0.3, -0.25) is 0 Å². The molecule has 9 rings (SSSR count). The molecule has 0 nitrogen and oxygen atoms in total. The first-order chi connectivity index (χ1) is 24.8. The standard InChI is InChI=1S/C50H82/c1-2-41-37(26-27-40-29-32-45-42(34-16-8-5-9-17-34)21-10-11-22-46(45)48(40)41)25-24-36-18-12-19-38-30-33-47-43(35-14-6-3-4-7-15-35)31-28-39-20-13-23-44(36)49(38)50(39)47/h6,14,34-50H,2-5,7-13,15-33H2,1H3/t35-,36?,37?,38?,39?,40?,41+,42-,43?,44-,45?,46?,47-,48-,49+,50?/m0/s1. The fourth-order valence-corrected chi connectivity index (χ4v) is 18.0. The summed E-state index contributed by atoms with van der Waals surface area (Å²) in [5.41, 5.74) is 0. The van der Waals surface area contributed by atoms with Crippen molar-refractivity contribution >= 4 is 0 Å². The van der Waals surface area contributed by atoms with Gasteiger partial charge in [-0.2, -0.15) is 0 Å². The van der Waals surface area contributed by atoms with E-state index in [2.05, 4.69) is 19.1 Å². The lowest BCUT2D eigenvalue weighted by atomic mass is 9.50. The van der Waals surface area contributed by atoms with Gasteiger partial charge in [0, 0.05) is 0 Å². The summed E-state index contributed by atoms with van der Waals surface area (Å²) in [6.45, 7) is 2.66. The van der Waals surface area contributed by atoms with Crippen LogP contribution in [-0.2, 0) is 0 Å². The SMILES string of the molecule is CC[C@@H]1C(CCC2CCCC3CC[C@@H]4C5C(CCC[C@@H]2[C@@H]35)CCC4[C@H]2C=CCCCC2)CCC2CCC3C(CCCC[C@H]3C3CCCCC3)[C@@H]21. The van der Waals surface area contributed by atoms with Crippen LogP contribution in [0.15, 0.2) is 12.2 Å². The second-order valence-corrected chi connectivity index (χ2v) is 21.4. The monoisotopic (exact) mass is 683 g/mol. The molecule has 0 radical (unpaired) electrons. The Kier molecular flexibility index (Phi) is 11.5. The molecule has 0 bridgehead atoms. The van der Waals surface area contributed by atoms with Crippen LogP contribution < -0.4 is 0 Å². The van der Waals surface area contributed by atoms with Crippen LogP contribution in [0.2, 0.25) is 0 Å². The van der Waals surface area contributed by atoms with Crippen molar-refractivity contribution in [3.8, 4) is 0 Å². The van der Waals surface area contributed by atoms with Crippen molar-refractivity contribution in [3.63, 3.8) is 0 Å². The molecule has 282 valence electrons. The van der Waals surface area contributed by atoms with Crippen molar-refractivity contribution in [3.05, 3.63) is 12.2 Å². The molecule has 0 aromatic heterocycles. The molecule has 8 fully saturated rings. The van der Waals surface area contributed by atoms with Gasteiger partial charge in [0.1, 0.15) is 0 Å². The number of hydrogen-bond donors (Lipinski definition) is 0. The molecule has 0 amide bonds. The minimum Gasteiger partial charge on any atom is -0.0882 e. The van der Waals surface area contributed by atoms with Crippen LogP contribution in [0.3, 0.4) is 0 Å². The van der Waals surface area contributed by atoms with E-state index in [1.807, 2.05) is 0 Å². The van der Waals surface area contributed by atoms with E-state index in [1.165, 1.54) is 38.5 Å².